The first-order valence-corrected chi connectivity index (χ1v) is 9.71. The van der Waals surface area contributed by atoms with Crippen LogP contribution in [0.15, 0.2) is 53.7 Å². The van der Waals surface area contributed by atoms with Gasteiger partial charge in [-0.3, -0.25) is 9.59 Å². The summed E-state index contributed by atoms with van der Waals surface area (Å²) in [6.45, 7) is 5.13. The van der Waals surface area contributed by atoms with Gasteiger partial charge in [-0.2, -0.15) is 0 Å². The van der Waals surface area contributed by atoms with Crippen molar-refractivity contribution in [3.63, 3.8) is 0 Å². The van der Waals surface area contributed by atoms with Crippen molar-refractivity contribution in [2.75, 3.05) is 11.1 Å². The van der Waals surface area contributed by atoms with Gasteiger partial charge in [-0.15, -0.1) is 0 Å². The van der Waals surface area contributed by atoms with E-state index in [1.807, 2.05) is 24.3 Å². The highest BCUT2D eigenvalue weighted by molar-refractivity contribution is 7.99. The third-order valence-corrected chi connectivity index (χ3v) is 4.94. The normalized spacial score (nSPS) is 11.1. The fourth-order valence-corrected chi connectivity index (χ4v) is 3.65. The van der Waals surface area contributed by atoms with Crippen LogP contribution in [-0.4, -0.2) is 27.1 Å². The summed E-state index contributed by atoms with van der Waals surface area (Å²) in [6, 6.07) is 14.7. The molecule has 0 saturated carbocycles. The Morgan fingerprint density at radius 3 is 2.59 bits per heavy atom. The minimum atomic E-state index is -0.572. The van der Waals surface area contributed by atoms with Gasteiger partial charge in [0.05, 0.1) is 28.0 Å². The van der Waals surface area contributed by atoms with Gasteiger partial charge < -0.3 is 15.6 Å². The van der Waals surface area contributed by atoms with Crippen LogP contribution in [0.25, 0.3) is 11.0 Å². The van der Waals surface area contributed by atoms with Crippen LogP contribution >= 0.6 is 11.8 Å². The second kappa shape index (κ2) is 8.26. The summed E-state index contributed by atoms with van der Waals surface area (Å²) >= 11 is 1.38. The third-order valence-electron chi connectivity index (χ3n) is 3.97. The van der Waals surface area contributed by atoms with Crippen molar-refractivity contribution in [3.8, 4) is 0 Å². The number of amides is 2. The molecule has 7 heteroatoms. The van der Waals surface area contributed by atoms with Crippen molar-refractivity contribution in [2.45, 2.75) is 25.5 Å². The Labute approximate surface area is 162 Å². The monoisotopic (exact) mass is 382 g/mol. The molecule has 2 aromatic carbocycles. The van der Waals surface area contributed by atoms with Crippen LogP contribution in [0.5, 0.6) is 0 Å². The van der Waals surface area contributed by atoms with E-state index in [0.717, 1.165) is 22.7 Å². The second-order valence-corrected chi connectivity index (χ2v) is 7.58. The van der Waals surface area contributed by atoms with E-state index in [1.165, 1.54) is 11.8 Å². The van der Waals surface area contributed by atoms with E-state index in [4.69, 9.17) is 5.73 Å². The summed E-state index contributed by atoms with van der Waals surface area (Å²) in [7, 11) is 0. The first-order chi connectivity index (χ1) is 13.0. The number of imidazole rings is 1. The lowest BCUT2D eigenvalue weighted by atomic mass is 10.1. The van der Waals surface area contributed by atoms with E-state index in [-0.39, 0.29) is 11.7 Å². The molecule has 0 saturated heterocycles. The molecule has 1 aromatic heterocycles. The molecule has 0 aliphatic heterocycles. The van der Waals surface area contributed by atoms with Gasteiger partial charge in [0.15, 0.2) is 5.16 Å². The molecule has 0 fully saturated rings. The van der Waals surface area contributed by atoms with Crippen LogP contribution in [0.4, 0.5) is 5.69 Å². The topological polar surface area (TPSA) is 90.0 Å². The summed E-state index contributed by atoms with van der Waals surface area (Å²) in [5.74, 6) is -0.138. The standard InChI is InChI=1S/C20H22N4O2S/c1-13(2)11-24-17-10-6-5-9-16(17)23-20(24)27-12-18(25)22-15-8-4-3-7-14(15)19(21)26/h3-10,13H,11-12H2,1-2H3,(H2,21,26)(H,22,25). The van der Waals surface area contributed by atoms with E-state index in [0.29, 0.717) is 17.2 Å². The van der Waals surface area contributed by atoms with Crippen molar-refractivity contribution in [1.82, 2.24) is 9.55 Å². The Kier molecular flexibility index (Phi) is 5.81. The average Bonchev–Trinajstić information content (AvgIpc) is 2.97. The number of primary amides is 1. The summed E-state index contributed by atoms with van der Waals surface area (Å²) in [6.07, 6.45) is 0. The highest BCUT2D eigenvalue weighted by Gasteiger charge is 2.15. The van der Waals surface area contributed by atoms with Gasteiger partial charge in [0, 0.05) is 6.54 Å². The van der Waals surface area contributed by atoms with Crippen LogP contribution in [0.3, 0.4) is 0 Å². The smallest absolute Gasteiger partial charge is 0.250 e. The minimum absolute atomic E-state index is 0.189. The molecule has 0 spiro atoms. The molecule has 6 nitrogen and oxygen atoms in total. The van der Waals surface area contributed by atoms with Crippen molar-refractivity contribution in [1.29, 1.82) is 0 Å². The first kappa shape index (κ1) is 19.0. The summed E-state index contributed by atoms with van der Waals surface area (Å²) in [5, 5.41) is 3.57. The molecule has 0 bridgehead atoms. The average molecular weight is 382 g/mol. The molecule has 0 aliphatic carbocycles. The summed E-state index contributed by atoms with van der Waals surface area (Å²) in [4.78, 5) is 28.5. The fraction of sp³-hybridized carbons (Fsp3) is 0.250. The van der Waals surface area contributed by atoms with E-state index in [9.17, 15) is 9.59 Å². The number of anilines is 1. The van der Waals surface area contributed by atoms with Gasteiger partial charge in [-0.05, 0) is 30.2 Å². The number of para-hydroxylation sites is 3. The molecule has 3 aromatic rings. The molecular weight excluding hydrogens is 360 g/mol. The Balaban J connectivity index is 1.75. The molecule has 0 atom stereocenters. The largest absolute Gasteiger partial charge is 0.366 e. The van der Waals surface area contributed by atoms with E-state index >= 15 is 0 Å². The Morgan fingerprint density at radius 1 is 1.15 bits per heavy atom. The van der Waals surface area contributed by atoms with E-state index in [1.54, 1.807) is 24.3 Å². The van der Waals surface area contributed by atoms with Crippen LogP contribution in [-0.2, 0) is 11.3 Å². The first-order valence-electron chi connectivity index (χ1n) is 8.72. The SMILES string of the molecule is CC(C)Cn1c(SCC(=O)Nc2ccccc2C(N)=O)nc2ccccc21. The number of nitrogens with one attached hydrogen (secondary N) is 1. The molecule has 1 heterocycles. The van der Waals surface area contributed by atoms with Crippen LogP contribution in [0.1, 0.15) is 24.2 Å². The van der Waals surface area contributed by atoms with Crippen molar-refractivity contribution < 1.29 is 9.59 Å². The van der Waals surface area contributed by atoms with Crippen molar-refractivity contribution in [2.24, 2.45) is 11.7 Å². The van der Waals surface area contributed by atoms with Crippen molar-refractivity contribution >= 4 is 40.3 Å². The lowest BCUT2D eigenvalue weighted by Gasteiger charge is -2.12. The third kappa shape index (κ3) is 4.49. The van der Waals surface area contributed by atoms with Crippen molar-refractivity contribution in [3.05, 3.63) is 54.1 Å². The molecule has 3 rings (SSSR count). The molecule has 140 valence electrons. The number of thioether (sulfide) groups is 1. The molecule has 0 aliphatic rings. The second-order valence-electron chi connectivity index (χ2n) is 6.63. The highest BCUT2D eigenvalue weighted by Crippen LogP contribution is 2.25. The number of fused-ring (bicyclic) bond motifs is 1. The predicted octanol–water partition coefficient (Wildman–Crippen LogP) is 3.52. The maximum atomic E-state index is 12.4. The lowest BCUT2D eigenvalue weighted by molar-refractivity contribution is -0.113. The maximum absolute atomic E-state index is 12.4. The zero-order valence-electron chi connectivity index (χ0n) is 15.3. The predicted molar refractivity (Wildman–Crippen MR) is 109 cm³/mol. The van der Waals surface area contributed by atoms with Crippen LogP contribution < -0.4 is 11.1 Å². The van der Waals surface area contributed by atoms with Gasteiger partial charge in [0.2, 0.25) is 5.91 Å². The highest BCUT2D eigenvalue weighted by atomic mass is 32.2. The number of nitrogens with zero attached hydrogens (tertiary/aromatic N) is 2. The summed E-state index contributed by atoms with van der Waals surface area (Å²) in [5.41, 5.74) is 8.05. The molecule has 3 N–H and O–H groups in total. The number of carbonyl (C=O) groups is 2. The van der Waals surface area contributed by atoms with E-state index in [2.05, 4.69) is 28.7 Å². The lowest BCUT2D eigenvalue weighted by Crippen LogP contribution is -2.19. The fourth-order valence-electron chi connectivity index (χ4n) is 2.83. The van der Waals surface area contributed by atoms with Gasteiger partial charge in [-0.1, -0.05) is 49.9 Å². The Bertz CT molecular complexity index is 981. The number of hydrogen-bond acceptors (Lipinski definition) is 4. The molecular formula is C20H22N4O2S. The molecule has 2 amide bonds. The van der Waals surface area contributed by atoms with Gasteiger partial charge in [0.1, 0.15) is 0 Å². The number of hydrogen-bond donors (Lipinski definition) is 2. The molecule has 0 radical (unpaired) electrons. The quantitative estimate of drug-likeness (QED) is 0.612. The zero-order valence-corrected chi connectivity index (χ0v) is 16.1. The van der Waals surface area contributed by atoms with Crippen LogP contribution in [0.2, 0.25) is 0 Å². The number of benzene rings is 2. The van der Waals surface area contributed by atoms with Gasteiger partial charge in [-0.25, -0.2) is 4.98 Å². The molecule has 27 heavy (non-hydrogen) atoms. The van der Waals surface area contributed by atoms with Gasteiger partial charge in [0.25, 0.3) is 5.91 Å². The zero-order chi connectivity index (χ0) is 19.4. The Hall–Kier alpha value is -2.80. The Morgan fingerprint density at radius 2 is 1.85 bits per heavy atom. The number of rotatable bonds is 7. The minimum Gasteiger partial charge on any atom is -0.366 e. The molecule has 0 unspecified atom stereocenters. The number of nitrogens with two attached hydrogens (primary N) is 1. The van der Waals surface area contributed by atoms with E-state index < -0.39 is 5.91 Å². The summed E-state index contributed by atoms with van der Waals surface area (Å²) < 4.78 is 2.15. The van der Waals surface area contributed by atoms with Crippen LogP contribution in [0, 0.1) is 5.92 Å². The maximum Gasteiger partial charge on any atom is 0.250 e. The number of aromatic nitrogens is 2. The van der Waals surface area contributed by atoms with Gasteiger partial charge >= 0.3 is 0 Å². The number of carbonyl (C=O) groups excluding carboxylic acids is 2.